The molecule has 26 heavy (non-hydrogen) atoms. The summed E-state index contributed by atoms with van der Waals surface area (Å²) < 4.78 is 27.0. The van der Waals surface area contributed by atoms with Gasteiger partial charge in [0, 0.05) is 50.4 Å². The van der Waals surface area contributed by atoms with Crippen LogP contribution in [0, 0.1) is 17.6 Å². The molecule has 8 heteroatoms. The van der Waals surface area contributed by atoms with E-state index in [1.54, 1.807) is 0 Å². The molecule has 2 unspecified atom stereocenters. The molecule has 2 aliphatic rings. The van der Waals surface area contributed by atoms with Gasteiger partial charge >= 0.3 is 0 Å². The maximum absolute atomic E-state index is 14.0. The Bertz CT molecular complexity index is 592. The Hall–Kier alpha value is -0.950. The number of nitrogens with zero attached hydrogens (tertiary/aromatic N) is 2. The summed E-state index contributed by atoms with van der Waals surface area (Å²) in [6.07, 6.45) is 2.01. The molecule has 0 bridgehead atoms. The van der Waals surface area contributed by atoms with Gasteiger partial charge in [-0.2, -0.15) is 0 Å². The number of carbonyl (C=O) groups excluding carboxylic acids is 1. The maximum atomic E-state index is 14.0. The highest BCUT2D eigenvalue weighted by Gasteiger charge is 2.30. The number of halogens is 4. The van der Waals surface area contributed by atoms with Crippen molar-refractivity contribution in [1.29, 1.82) is 0 Å². The zero-order chi connectivity index (χ0) is 17.1. The molecule has 2 heterocycles. The average molecular weight is 410 g/mol. The van der Waals surface area contributed by atoms with Crippen LogP contribution in [-0.4, -0.2) is 55.0 Å². The SMILES string of the molecule is CC(c1ccc(F)cc1F)N1CCN(C(=O)C2CCCNC2)CC1.Cl.Cl. The number of piperazine rings is 1. The summed E-state index contributed by atoms with van der Waals surface area (Å²) in [5.41, 5.74) is 0.507. The Morgan fingerprint density at radius 2 is 1.88 bits per heavy atom. The molecule has 0 aromatic heterocycles. The molecular weight excluding hydrogens is 383 g/mol. The third-order valence-corrected chi connectivity index (χ3v) is 5.23. The molecule has 1 aromatic rings. The van der Waals surface area contributed by atoms with Crippen LogP contribution in [0.25, 0.3) is 0 Å². The van der Waals surface area contributed by atoms with E-state index >= 15 is 0 Å². The van der Waals surface area contributed by atoms with Crippen LogP contribution in [0.2, 0.25) is 0 Å². The lowest BCUT2D eigenvalue weighted by atomic mass is 9.97. The minimum absolute atomic E-state index is 0. The van der Waals surface area contributed by atoms with Crippen LogP contribution in [0.3, 0.4) is 0 Å². The highest BCUT2D eigenvalue weighted by atomic mass is 35.5. The zero-order valence-electron chi connectivity index (χ0n) is 14.9. The average Bonchev–Trinajstić information content (AvgIpc) is 2.61. The largest absolute Gasteiger partial charge is 0.340 e. The van der Waals surface area contributed by atoms with Crippen LogP contribution >= 0.6 is 24.8 Å². The summed E-state index contributed by atoms with van der Waals surface area (Å²) in [4.78, 5) is 16.6. The van der Waals surface area contributed by atoms with Crippen molar-refractivity contribution in [2.45, 2.75) is 25.8 Å². The molecule has 1 amide bonds. The smallest absolute Gasteiger partial charge is 0.227 e. The first kappa shape index (κ1) is 23.1. The molecule has 2 fully saturated rings. The standard InChI is InChI=1S/C18H25F2N3O.2ClH/c1-13(16-5-4-15(19)11-17(16)20)22-7-9-23(10-8-22)18(24)14-3-2-6-21-12-14;;/h4-5,11,13-14,21H,2-3,6-10,12H2,1H3;2*1H. The number of benzene rings is 1. The Morgan fingerprint density at radius 1 is 1.19 bits per heavy atom. The Kier molecular flexibility index (Phi) is 9.24. The van der Waals surface area contributed by atoms with Crippen molar-refractivity contribution in [1.82, 2.24) is 15.1 Å². The van der Waals surface area contributed by atoms with Crippen LogP contribution < -0.4 is 5.32 Å². The van der Waals surface area contributed by atoms with Gasteiger partial charge in [0.1, 0.15) is 11.6 Å². The first-order valence-corrected chi connectivity index (χ1v) is 8.75. The van der Waals surface area contributed by atoms with Crippen LogP contribution in [0.4, 0.5) is 8.78 Å². The minimum atomic E-state index is -0.556. The number of hydrogen-bond donors (Lipinski definition) is 1. The van der Waals surface area contributed by atoms with Crippen molar-refractivity contribution < 1.29 is 13.6 Å². The number of carbonyl (C=O) groups is 1. The van der Waals surface area contributed by atoms with Gasteiger partial charge in [-0.25, -0.2) is 8.78 Å². The van der Waals surface area contributed by atoms with Gasteiger partial charge in [0.2, 0.25) is 5.91 Å². The van der Waals surface area contributed by atoms with E-state index in [9.17, 15) is 13.6 Å². The lowest BCUT2D eigenvalue weighted by Crippen LogP contribution is -2.52. The van der Waals surface area contributed by atoms with Crippen molar-refractivity contribution in [2.24, 2.45) is 5.92 Å². The summed E-state index contributed by atoms with van der Waals surface area (Å²) in [6.45, 7) is 6.46. The third-order valence-electron chi connectivity index (χ3n) is 5.23. The molecule has 0 radical (unpaired) electrons. The molecule has 148 valence electrons. The molecule has 0 spiro atoms. The van der Waals surface area contributed by atoms with E-state index in [0.717, 1.165) is 32.0 Å². The lowest BCUT2D eigenvalue weighted by molar-refractivity contribution is -0.138. The predicted molar refractivity (Wildman–Crippen MR) is 103 cm³/mol. The summed E-state index contributed by atoms with van der Waals surface area (Å²) in [5, 5.41) is 3.28. The van der Waals surface area contributed by atoms with E-state index in [0.29, 0.717) is 31.7 Å². The number of rotatable bonds is 3. The lowest BCUT2D eigenvalue weighted by Gasteiger charge is -2.40. The second-order valence-electron chi connectivity index (χ2n) is 6.75. The van der Waals surface area contributed by atoms with Gasteiger partial charge < -0.3 is 10.2 Å². The van der Waals surface area contributed by atoms with E-state index < -0.39 is 11.6 Å². The molecule has 2 saturated heterocycles. The van der Waals surface area contributed by atoms with Crippen molar-refractivity contribution in [3.8, 4) is 0 Å². The van der Waals surface area contributed by atoms with Gasteiger partial charge in [0.25, 0.3) is 0 Å². The summed E-state index contributed by atoms with van der Waals surface area (Å²) in [6, 6.07) is 3.62. The summed E-state index contributed by atoms with van der Waals surface area (Å²) in [5.74, 6) is -0.728. The van der Waals surface area contributed by atoms with E-state index in [1.807, 2.05) is 11.8 Å². The molecule has 2 atom stereocenters. The highest BCUT2D eigenvalue weighted by molar-refractivity contribution is 5.85. The molecule has 1 N–H and O–H groups in total. The molecule has 3 rings (SSSR count). The van der Waals surface area contributed by atoms with Crippen LogP contribution in [0.5, 0.6) is 0 Å². The van der Waals surface area contributed by atoms with E-state index in [-0.39, 0.29) is 42.7 Å². The van der Waals surface area contributed by atoms with Gasteiger partial charge in [0.05, 0.1) is 5.92 Å². The second-order valence-corrected chi connectivity index (χ2v) is 6.75. The number of piperidine rings is 1. The van der Waals surface area contributed by atoms with Crippen LogP contribution in [-0.2, 0) is 4.79 Å². The third kappa shape index (κ3) is 5.28. The van der Waals surface area contributed by atoms with E-state index in [4.69, 9.17) is 0 Å². The number of nitrogens with one attached hydrogen (secondary N) is 1. The number of hydrogen-bond acceptors (Lipinski definition) is 3. The van der Waals surface area contributed by atoms with Gasteiger partial charge in [-0.3, -0.25) is 9.69 Å². The first-order valence-electron chi connectivity index (χ1n) is 8.75. The molecule has 2 aliphatic heterocycles. The summed E-state index contributed by atoms with van der Waals surface area (Å²) >= 11 is 0. The van der Waals surface area contributed by atoms with Crippen molar-refractivity contribution in [3.05, 3.63) is 35.4 Å². The molecular formula is C18H27Cl2F2N3O. The fourth-order valence-electron chi connectivity index (χ4n) is 3.69. The first-order chi connectivity index (χ1) is 11.6. The fraction of sp³-hybridized carbons (Fsp3) is 0.611. The summed E-state index contributed by atoms with van der Waals surface area (Å²) in [7, 11) is 0. The molecule has 4 nitrogen and oxygen atoms in total. The monoisotopic (exact) mass is 409 g/mol. The minimum Gasteiger partial charge on any atom is -0.340 e. The van der Waals surface area contributed by atoms with Crippen molar-refractivity contribution in [2.75, 3.05) is 39.3 Å². The van der Waals surface area contributed by atoms with Gasteiger partial charge in [-0.15, -0.1) is 24.8 Å². The molecule has 0 aliphatic carbocycles. The van der Waals surface area contributed by atoms with Crippen molar-refractivity contribution >= 4 is 30.7 Å². The van der Waals surface area contributed by atoms with Crippen LogP contribution in [0.15, 0.2) is 18.2 Å². The molecule has 0 saturated carbocycles. The van der Waals surface area contributed by atoms with Gasteiger partial charge in [-0.1, -0.05) is 6.07 Å². The second kappa shape index (κ2) is 10.4. The normalized spacial score (nSPS) is 22.1. The Labute approximate surface area is 166 Å². The Balaban J connectivity index is 0.00000169. The topological polar surface area (TPSA) is 35.6 Å². The van der Waals surface area contributed by atoms with E-state index in [1.165, 1.54) is 12.1 Å². The zero-order valence-corrected chi connectivity index (χ0v) is 16.6. The maximum Gasteiger partial charge on any atom is 0.227 e. The van der Waals surface area contributed by atoms with Gasteiger partial charge in [-0.05, 0) is 32.4 Å². The van der Waals surface area contributed by atoms with Gasteiger partial charge in [0.15, 0.2) is 0 Å². The van der Waals surface area contributed by atoms with Crippen LogP contribution in [0.1, 0.15) is 31.4 Å². The number of amides is 1. The predicted octanol–water partition coefficient (Wildman–Crippen LogP) is 3.01. The Morgan fingerprint density at radius 3 is 2.46 bits per heavy atom. The highest BCUT2D eigenvalue weighted by Crippen LogP contribution is 2.25. The molecule has 1 aromatic carbocycles. The van der Waals surface area contributed by atoms with Crippen molar-refractivity contribution in [3.63, 3.8) is 0 Å². The fourth-order valence-corrected chi connectivity index (χ4v) is 3.69. The quantitative estimate of drug-likeness (QED) is 0.833. The van der Waals surface area contributed by atoms with E-state index in [2.05, 4.69) is 10.2 Å².